The van der Waals surface area contributed by atoms with E-state index >= 15 is 0 Å². The molecule has 0 N–H and O–H groups in total. The lowest BCUT2D eigenvalue weighted by Gasteiger charge is -2.14. The number of imidazole rings is 1. The van der Waals surface area contributed by atoms with Crippen LogP contribution in [0.5, 0.6) is 5.75 Å². The fourth-order valence-electron chi connectivity index (χ4n) is 2.63. The lowest BCUT2D eigenvalue weighted by Crippen LogP contribution is -2.10. The number of ether oxygens (including phenoxy) is 1. The summed E-state index contributed by atoms with van der Waals surface area (Å²) in [5.74, 6) is 1.13. The molecule has 3 heterocycles. The van der Waals surface area contributed by atoms with E-state index in [0.29, 0.717) is 38.5 Å². The maximum Gasteiger partial charge on any atom is 0.278 e. The summed E-state index contributed by atoms with van der Waals surface area (Å²) in [6, 6.07) is 3.34. The largest absolute Gasteiger partial charge is 0.489 e. The zero-order chi connectivity index (χ0) is 19.8. The van der Waals surface area contributed by atoms with Gasteiger partial charge in [0.05, 0.1) is 28.0 Å². The van der Waals surface area contributed by atoms with Crippen molar-refractivity contribution in [1.29, 1.82) is 0 Å². The van der Waals surface area contributed by atoms with Gasteiger partial charge in [-0.2, -0.15) is 4.98 Å². The summed E-state index contributed by atoms with van der Waals surface area (Å²) >= 11 is 12.8. The number of hydrogen-bond donors (Lipinski definition) is 0. The fourth-order valence-corrected chi connectivity index (χ4v) is 3.08. The molecule has 0 fully saturated rings. The number of nitrogens with zero attached hydrogens (tertiary/aromatic N) is 5. The van der Waals surface area contributed by atoms with Crippen LogP contribution >= 0.6 is 23.2 Å². The lowest BCUT2D eigenvalue weighted by atomic mass is 10.2. The van der Waals surface area contributed by atoms with Gasteiger partial charge in [0, 0.05) is 24.0 Å². The van der Waals surface area contributed by atoms with E-state index in [9.17, 15) is 0 Å². The molecule has 1 atom stereocenters. The summed E-state index contributed by atoms with van der Waals surface area (Å²) in [6.45, 7) is 5.91. The highest BCUT2D eigenvalue weighted by Gasteiger charge is 2.18. The summed E-state index contributed by atoms with van der Waals surface area (Å²) in [7, 11) is 0. The third-order valence-electron chi connectivity index (χ3n) is 4.28. The third-order valence-corrected chi connectivity index (χ3v) is 4.89. The number of aryl methyl sites for hydroxylation is 1. The van der Waals surface area contributed by atoms with Crippen molar-refractivity contribution < 1.29 is 9.26 Å². The van der Waals surface area contributed by atoms with E-state index in [1.165, 1.54) is 0 Å². The van der Waals surface area contributed by atoms with Crippen molar-refractivity contribution in [3.8, 4) is 28.7 Å². The maximum absolute atomic E-state index is 6.41. The van der Waals surface area contributed by atoms with E-state index in [-0.39, 0.29) is 12.0 Å². The molecular formula is C19H17Cl2N5O2. The van der Waals surface area contributed by atoms with Gasteiger partial charge < -0.3 is 13.7 Å². The monoisotopic (exact) mass is 417 g/mol. The molecule has 0 spiro atoms. The van der Waals surface area contributed by atoms with Gasteiger partial charge in [-0.05, 0) is 26.3 Å². The molecule has 0 aliphatic carbocycles. The summed E-state index contributed by atoms with van der Waals surface area (Å²) < 4.78 is 13.0. The van der Waals surface area contributed by atoms with Gasteiger partial charge >= 0.3 is 0 Å². The van der Waals surface area contributed by atoms with E-state index in [4.69, 9.17) is 32.5 Å². The first-order chi connectivity index (χ1) is 13.4. The molecule has 4 aromatic rings. The normalized spacial score (nSPS) is 12.5. The number of benzene rings is 1. The fraction of sp³-hybridized carbons (Fsp3) is 0.263. The van der Waals surface area contributed by atoms with Gasteiger partial charge in [0.2, 0.25) is 5.82 Å². The van der Waals surface area contributed by atoms with Gasteiger partial charge in [-0.15, -0.1) is 0 Å². The topological polar surface area (TPSA) is 78.3 Å². The molecule has 0 radical (unpaired) electrons. The van der Waals surface area contributed by atoms with Crippen molar-refractivity contribution in [2.45, 2.75) is 33.3 Å². The summed E-state index contributed by atoms with van der Waals surface area (Å²) in [6.07, 6.45) is 6.25. The van der Waals surface area contributed by atoms with Crippen LogP contribution in [0.3, 0.4) is 0 Å². The van der Waals surface area contributed by atoms with E-state index < -0.39 is 0 Å². The van der Waals surface area contributed by atoms with Gasteiger partial charge in [-0.25, -0.2) is 4.98 Å². The van der Waals surface area contributed by atoms with Gasteiger partial charge in [-0.1, -0.05) is 35.3 Å². The molecule has 1 aromatic carbocycles. The number of fused-ring (bicyclic) bond motifs is 1. The van der Waals surface area contributed by atoms with Crippen molar-refractivity contribution in [2.75, 3.05) is 0 Å². The van der Waals surface area contributed by atoms with Gasteiger partial charge in [0.15, 0.2) is 5.65 Å². The number of rotatable bonds is 5. The first-order valence-electron chi connectivity index (χ1n) is 8.76. The molecule has 3 aromatic heterocycles. The zero-order valence-electron chi connectivity index (χ0n) is 15.5. The minimum absolute atomic E-state index is 0.0318. The average molecular weight is 418 g/mol. The highest BCUT2D eigenvalue weighted by atomic mass is 35.5. The first kappa shape index (κ1) is 18.7. The Morgan fingerprint density at radius 1 is 1.18 bits per heavy atom. The summed E-state index contributed by atoms with van der Waals surface area (Å²) in [5.41, 5.74) is 2.67. The molecule has 9 heteroatoms. The van der Waals surface area contributed by atoms with E-state index in [2.05, 4.69) is 20.1 Å². The Morgan fingerprint density at radius 3 is 2.79 bits per heavy atom. The van der Waals surface area contributed by atoms with Crippen LogP contribution in [0.15, 0.2) is 35.2 Å². The van der Waals surface area contributed by atoms with Crippen LogP contribution in [0.1, 0.15) is 26.0 Å². The molecule has 0 aliphatic heterocycles. The van der Waals surface area contributed by atoms with Crippen molar-refractivity contribution in [2.24, 2.45) is 0 Å². The molecule has 0 amide bonds. The minimum Gasteiger partial charge on any atom is -0.489 e. The second-order valence-electron chi connectivity index (χ2n) is 6.44. The molecule has 0 bridgehead atoms. The van der Waals surface area contributed by atoms with Gasteiger partial charge in [-0.3, -0.25) is 4.98 Å². The van der Waals surface area contributed by atoms with Crippen LogP contribution in [-0.2, 0) is 0 Å². The Labute approximate surface area is 171 Å². The summed E-state index contributed by atoms with van der Waals surface area (Å²) in [5, 5.41) is 4.88. The predicted octanol–water partition coefficient (Wildman–Crippen LogP) is 5.24. The molecular weight excluding hydrogens is 401 g/mol. The summed E-state index contributed by atoms with van der Waals surface area (Å²) in [4.78, 5) is 13.1. The molecule has 28 heavy (non-hydrogen) atoms. The maximum atomic E-state index is 6.41. The quantitative estimate of drug-likeness (QED) is 0.441. The Balaban J connectivity index is 1.67. The molecule has 4 rings (SSSR count). The standard InChI is InChI=1S/C19H17Cl2N5O2/c1-4-11(3)27-16-6-13(20)12(5-14(16)21)18-24-19(28-25-18)15-9-26-8-10(2)22-7-17(26)23-15/h5-9,11H,4H2,1-3H3/t11-/m0/s1. The van der Waals surface area contributed by atoms with Gasteiger partial charge in [0.1, 0.15) is 11.4 Å². The van der Waals surface area contributed by atoms with Gasteiger partial charge in [0.25, 0.3) is 5.89 Å². The van der Waals surface area contributed by atoms with E-state index in [0.717, 1.165) is 12.1 Å². The molecule has 0 saturated carbocycles. The molecule has 0 saturated heterocycles. The first-order valence-corrected chi connectivity index (χ1v) is 9.51. The highest BCUT2D eigenvalue weighted by molar-refractivity contribution is 6.36. The second-order valence-corrected chi connectivity index (χ2v) is 7.26. The Kier molecular flexibility index (Phi) is 4.95. The van der Waals surface area contributed by atoms with Crippen LogP contribution in [0.2, 0.25) is 10.0 Å². The lowest BCUT2D eigenvalue weighted by molar-refractivity contribution is 0.217. The number of aromatic nitrogens is 5. The zero-order valence-corrected chi connectivity index (χ0v) is 17.0. The Hall–Kier alpha value is -2.64. The minimum atomic E-state index is 0.0318. The number of hydrogen-bond acceptors (Lipinski definition) is 6. The van der Waals surface area contributed by atoms with Crippen LogP contribution in [0.25, 0.3) is 28.6 Å². The van der Waals surface area contributed by atoms with Crippen LogP contribution in [0.4, 0.5) is 0 Å². The van der Waals surface area contributed by atoms with Crippen LogP contribution < -0.4 is 4.74 Å². The van der Waals surface area contributed by atoms with Crippen molar-refractivity contribution in [3.63, 3.8) is 0 Å². The van der Waals surface area contributed by atoms with Crippen LogP contribution in [0, 0.1) is 6.92 Å². The smallest absolute Gasteiger partial charge is 0.278 e. The average Bonchev–Trinajstić information content (AvgIpc) is 3.30. The third kappa shape index (κ3) is 3.55. The predicted molar refractivity (Wildman–Crippen MR) is 107 cm³/mol. The Bertz CT molecular complexity index is 1150. The second kappa shape index (κ2) is 7.41. The highest BCUT2D eigenvalue weighted by Crippen LogP contribution is 2.37. The Morgan fingerprint density at radius 2 is 2.00 bits per heavy atom. The molecule has 0 unspecified atom stereocenters. The van der Waals surface area contributed by atoms with Crippen molar-refractivity contribution in [3.05, 3.63) is 46.5 Å². The number of halogens is 2. The molecule has 7 nitrogen and oxygen atoms in total. The van der Waals surface area contributed by atoms with E-state index in [1.54, 1.807) is 24.5 Å². The van der Waals surface area contributed by atoms with Crippen molar-refractivity contribution >= 4 is 28.8 Å². The van der Waals surface area contributed by atoms with Crippen LogP contribution in [-0.4, -0.2) is 30.6 Å². The van der Waals surface area contributed by atoms with E-state index in [1.807, 2.05) is 31.4 Å². The SMILES string of the molecule is CC[C@H](C)Oc1cc(Cl)c(-c2noc(-c3cn4cc(C)ncc4n3)n2)cc1Cl. The molecule has 144 valence electrons. The van der Waals surface area contributed by atoms with Crippen molar-refractivity contribution in [1.82, 2.24) is 24.5 Å². The molecule has 0 aliphatic rings.